The van der Waals surface area contributed by atoms with Gasteiger partial charge < -0.3 is 11.1 Å². The van der Waals surface area contributed by atoms with Crippen LogP contribution in [0.15, 0.2) is 30.3 Å². The van der Waals surface area contributed by atoms with E-state index in [9.17, 15) is 4.79 Å². The minimum Gasteiger partial charge on any atom is -0.399 e. The third-order valence-electron chi connectivity index (χ3n) is 4.17. The molecule has 20 heavy (non-hydrogen) atoms. The minimum absolute atomic E-state index is 0.0230. The van der Waals surface area contributed by atoms with E-state index in [4.69, 9.17) is 5.73 Å². The number of hydrogen-bond acceptors (Lipinski definition) is 2. The van der Waals surface area contributed by atoms with E-state index < -0.39 is 0 Å². The molecule has 2 rings (SSSR count). The normalized spacial score (nSPS) is 22.9. The van der Waals surface area contributed by atoms with E-state index in [1.165, 1.54) is 25.7 Å². The molecule has 1 aromatic carbocycles. The van der Waals surface area contributed by atoms with Crippen molar-refractivity contribution in [3.63, 3.8) is 0 Å². The van der Waals surface area contributed by atoms with Crippen LogP contribution in [0.2, 0.25) is 0 Å². The van der Waals surface area contributed by atoms with Crippen LogP contribution in [0, 0.1) is 11.8 Å². The molecule has 1 amide bonds. The number of carbonyl (C=O) groups is 1. The van der Waals surface area contributed by atoms with Crippen molar-refractivity contribution >= 4 is 17.7 Å². The van der Waals surface area contributed by atoms with E-state index in [1.54, 1.807) is 12.2 Å². The van der Waals surface area contributed by atoms with Gasteiger partial charge in [-0.3, -0.25) is 4.79 Å². The van der Waals surface area contributed by atoms with Crippen LogP contribution in [0.4, 0.5) is 5.69 Å². The number of anilines is 1. The van der Waals surface area contributed by atoms with Crippen molar-refractivity contribution in [1.82, 2.24) is 5.32 Å². The van der Waals surface area contributed by atoms with Gasteiger partial charge in [-0.15, -0.1) is 0 Å². The van der Waals surface area contributed by atoms with Crippen molar-refractivity contribution in [1.29, 1.82) is 0 Å². The van der Waals surface area contributed by atoms with Crippen molar-refractivity contribution < 1.29 is 4.79 Å². The molecule has 1 aliphatic carbocycles. The molecule has 2 unspecified atom stereocenters. The van der Waals surface area contributed by atoms with Gasteiger partial charge in [0, 0.05) is 18.3 Å². The Morgan fingerprint density at radius 3 is 2.95 bits per heavy atom. The van der Waals surface area contributed by atoms with Crippen LogP contribution in [-0.4, -0.2) is 12.5 Å². The Labute approximate surface area is 121 Å². The summed E-state index contributed by atoms with van der Waals surface area (Å²) in [5.74, 6) is 1.33. The Morgan fingerprint density at radius 1 is 1.40 bits per heavy atom. The summed E-state index contributed by atoms with van der Waals surface area (Å²) in [6, 6.07) is 7.51. The van der Waals surface area contributed by atoms with Crippen LogP contribution in [0.5, 0.6) is 0 Å². The lowest BCUT2D eigenvalue weighted by Crippen LogP contribution is -2.32. The number of benzene rings is 1. The highest BCUT2D eigenvalue weighted by Crippen LogP contribution is 2.28. The molecule has 2 atom stereocenters. The van der Waals surface area contributed by atoms with Gasteiger partial charge in [0.05, 0.1) is 0 Å². The first kappa shape index (κ1) is 14.6. The van der Waals surface area contributed by atoms with E-state index in [0.29, 0.717) is 11.6 Å². The Balaban J connectivity index is 1.80. The molecule has 0 radical (unpaired) electrons. The summed E-state index contributed by atoms with van der Waals surface area (Å²) in [5, 5.41) is 3.01. The monoisotopic (exact) mass is 272 g/mol. The maximum Gasteiger partial charge on any atom is 0.244 e. The number of nitrogen functional groups attached to an aromatic ring is 1. The van der Waals surface area contributed by atoms with Crippen molar-refractivity contribution in [2.45, 2.75) is 32.6 Å². The van der Waals surface area contributed by atoms with Gasteiger partial charge in [0.15, 0.2) is 0 Å². The van der Waals surface area contributed by atoms with E-state index in [0.717, 1.165) is 18.0 Å². The van der Waals surface area contributed by atoms with Gasteiger partial charge >= 0.3 is 0 Å². The number of carbonyl (C=O) groups excluding carboxylic acids is 1. The number of nitrogens with two attached hydrogens (primary N) is 1. The van der Waals surface area contributed by atoms with Crippen LogP contribution in [-0.2, 0) is 4.79 Å². The van der Waals surface area contributed by atoms with Crippen molar-refractivity contribution in [3.05, 3.63) is 35.9 Å². The summed E-state index contributed by atoms with van der Waals surface area (Å²) in [6.45, 7) is 3.08. The van der Waals surface area contributed by atoms with Crippen LogP contribution < -0.4 is 11.1 Å². The molecule has 1 fully saturated rings. The molecule has 0 saturated heterocycles. The Kier molecular flexibility index (Phi) is 5.22. The van der Waals surface area contributed by atoms with Gasteiger partial charge in [0.25, 0.3) is 0 Å². The molecule has 0 aromatic heterocycles. The predicted molar refractivity (Wildman–Crippen MR) is 84.0 cm³/mol. The van der Waals surface area contributed by atoms with Gasteiger partial charge in [-0.2, -0.15) is 0 Å². The van der Waals surface area contributed by atoms with Crippen LogP contribution in [0.3, 0.4) is 0 Å². The number of rotatable bonds is 4. The molecular weight excluding hydrogens is 248 g/mol. The topological polar surface area (TPSA) is 55.1 Å². The van der Waals surface area contributed by atoms with Crippen LogP contribution >= 0.6 is 0 Å². The first-order chi connectivity index (χ1) is 9.65. The zero-order valence-corrected chi connectivity index (χ0v) is 12.1. The average Bonchev–Trinajstić information content (AvgIpc) is 2.44. The lowest BCUT2D eigenvalue weighted by atomic mass is 9.80. The lowest BCUT2D eigenvalue weighted by molar-refractivity contribution is -0.116. The fourth-order valence-electron chi connectivity index (χ4n) is 2.82. The largest absolute Gasteiger partial charge is 0.399 e. The third kappa shape index (κ3) is 4.41. The number of hydrogen-bond donors (Lipinski definition) is 2. The van der Waals surface area contributed by atoms with E-state index in [1.807, 2.05) is 24.3 Å². The second kappa shape index (κ2) is 7.13. The highest BCUT2D eigenvalue weighted by Gasteiger charge is 2.21. The quantitative estimate of drug-likeness (QED) is 0.653. The zero-order valence-electron chi connectivity index (χ0n) is 12.1. The molecule has 0 spiro atoms. The van der Waals surface area contributed by atoms with Gasteiger partial charge in [-0.25, -0.2) is 0 Å². The molecule has 1 aliphatic rings. The van der Waals surface area contributed by atoms with Gasteiger partial charge in [0.1, 0.15) is 0 Å². The van der Waals surface area contributed by atoms with Gasteiger partial charge in [-0.05, 0) is 42.0 Å². The molecule has 108 valence electrons. The summed E-state index contributed by atoms with van der Waals surface area (Å²) in [5.41, 5.74) is 7.36. The molecule has 3 N–H and O–H groups in total. The van der Waals surface area contributed by atoms with E-state index >= 15 is 0 Å². The standard InChI is InChI=1S/C17H24N2O/c1-13-5-2-3-7-15(13)12-19-17(20)10-9-14-6-4-8-16(18)11-14/h4,6,8-11,13,15H,2-3,5,7,12,18H2,1H3,(H,19,20)/b10-9+. The highest BCUT2D eigenvalue weighted by atomic mass is 16.1. The first-order valence-corrected chi connectivity index (χ1v) is 7.46. The van der Waals surface area contributed by atoms with E-state index in [-0.39, 0.29) is 5.91 Å². The van der Waals surface area contributed by atoms with Crippen molar-refractivity contribution in [2.75, 3.05) is 12.3 Å². The molecule has 0 heterocycles. The SMILES string of the molecule is CC1CCCCC1CNC(=O)/C=C/c1cccc(N)c1. The average molecular weight is 272 g/mol. The van der Waals surface area contributed by atoms with Crippen molar-refractivity contribution in [2.24, 2.45) is 11.8 Å². The van der Waals surface area contributed by atoms with Crippen molar-refractivity contribution in [3.8, 4) is 0 Å². The smallest absolute Gasteiger partial charge is 0.244 e. The molecule has 3 heteroatoms. The van der Waals surface area contributed by atoms with Crippen LogP contribution in [0.25, 0.3) is 6.08 Å². The van der Waals surface area contributed by atoms with Crippen LogP contribution in [0.1, 0.15) is 38.2 Å². The maximum absolute atomic E-state index is 11.8. The Morgan fingerprint density at radius 2 is 2.20 bits per heavy atom. The summed E-state index contributed by atoms with van der Waals surface area (Å²) < 4.78 is 0. The molecular formula is C17H24N2O. The van der Waals surface area contributed by atoms with E-state index in [2.05, 4.69) is 12.2 Å². The molecule has 0 aliphatic heterocycles. The fourth-order valence-corrected chi connectivity index (χ4v) is 2.82. The second-order valence-corrected chi connectivity index (χ2v) is 5.77. The minimum atomic E-state index is -0.0230. The lowest BCUT2D eigenvalue weighted by Gasteiger charge is -2.28. The third-order valence-corrected chi connectivity index (χ3v) is 4.17. The maximum atomic E-state index is 11.8. The Hall–Kier alpha value is -1.77. The summed E-state index contributed by atoms with van der Waals surface area (Å²) in [6.07, 6.45) is 8.54. The summed E-state index contributed by atoms with van der Waals surface area (Å²) in [7, 11) is 0. The zero-order chi connectivity index (χ0) is 14.4. The number of amides is 1. The summed E-state index contributed by atoms with van der Waals surface area (Å²) >= 11 is 0. The highest BCUT2D eigenvalue weighted by molar-refractivity contribution is 5.91. The molecule has 0 bridgehead atoms. The summed E-state index contributed by atoms with van der Waals surface area (Å²) in [4.78, 5) is 11.8. The second-order valence-electron chi connectivity index (χ2n) is 5.77. The Bertz CT molecular complexity index is 482. The first-order valence-electron chi connectivity index (χ1n) is 7.46. The fraction of sp³-hybridized carbons (Fsp3) is 0.471. The molecule has 1 aromatic rings. The molecule has 3 nitrogen and oxygen atoms in total. The van der Waals surface area contributed by atoms with Gasteiger partial charge in [-0.1, -0.05) is 38.3 Å². The molecule has 1 saturated carbocycles. The predicted octanol–water partition coefficient (Wildman–Crippen LogP) is 3.22. The van der Waals surface area contributed by atoms with Gasteiger partial charge in [0.2, 0.25) is 5.91 Å². The number of nitrogens with one attached hydrogen (secondary N) is 1.